The number of ether oxygens (including phenoxy) is 1. The van der Waals surface area contributed by atoms with Gasteiger partial charge in [-0.2, -0.15) is 0 Å². The van der Waals surface area contributed by atoms with Gasteiger partial charge >= 0.3 is 0 Å². The molecule has 1 aliphatic rings. The van der Waals surface area contributed by atoms with Gasteiger partial charge in [0, 0.05) is 20.0 Å². The van der Waals surface area contributed by atoms with Gasteiger partial charge in [-0.25, -0.2) is 0 Å². The maximum atomic E-state index is 11.5. The van der Waals surface area contributed by atoms with E-state index in [1.807, 2.05) is 0 Å². The van der Waals surface area contributed by atoms with Crippen LogP contribution in [-0.2, 0) is 9.53 Å². The first-order valence-corrected chi connectivity index (χ1v) is 5.63. The highest BCUT2D eigenvalue weighted by molar-refractivity contribution is 5.75. The van der Waals surface area contributed by atoms with Gasteiger partial charge in [0.25, 0.3) is 0 Å². The third-order valence-corrected chi connectivity index (χ3v) is 2.86. The second-order valence-corrected chi connectivity index (χ2v) is 4.22. The molecular formula is C11H21NO3. The van der Waals surface area contributed by atoms with E-state index in [4.69, 9.17) is 9.84 Å². The first-order chi connectivity index (χ1) is 7.13. The lowest BCUT2D eigenvalue weighted by Crippen LogP contribution is -2.30. The second kappa shape index (κ2) is 6.08. The van der Waals surface area contributed by atoms with E-state index < -0.39 is 0 Å². The van der Waals surface area contributed by atoms with Crippen LogP contribution >= 0.6 is 0 Å². The van der Waals surface area contributed by atoms with Gasteiger partial charge in [-0.05, 0) is 26.2 Å². The molecular weight excluding hydrogens is 194 g/mol. The van der Waals surface area contributed by atoms with E-state index in [2.05, 4.69) is 6.92 Å². The number of hydrogen-bond donors (Lipinski definition) is 1. The molecule has 1 aliphatic heterocycles. The van der Waals surface area contributed by atoms with Crippen LogP contribution in [0.2, 0.25) is 0 Å². The van der Waals surface area contributed by atoms with E-state index in [1.54, 1.807) is 11.9 Å². The minimum absolute atomic E-state index is 0.0270. The Morgan fingerprint density at radius 2 is 2.27 bits per heavy atom. The van der Waals surface area contributed by atoms with Gasteiger partial charge in [-0.1, -0.05) is 0 Å². The van der Waals surface area contributed by atoms with Crippen LogP contribution in [0.25, 0.3) is 0 Å². The average Bonchev–Trinajstić information content (AvgIpc) is 2.61. The molecule has 0 aromatic heterocycles. The molecule has 15 heavy (non-hydrogen) atoms. The lowest BCUT2D eigenvalue weighted by molar-refractivity contribution is -0.131. The first kappa shape index (κ1) is 12.5. The van der Waals surface area contributed by atoms with Crippen LogP contribution in [-0.4, -0.2) is 48.3 Å². The van der Waals surface area contributed by atoms with Crippen molar-refractivity contribution >= 4 is 5.91 Å². The topological polar surface area (TPSA) is 49.8 Å². The van der Waals surface area contributed by atoms with Crippen molar-refractivity contribution in [2.45, 2.75) is 44.8 Å². The minimum Gasteiger partial charge on any atom is -0.395 e. The summed E-state index contributed by atoms with van der Waals surface area (Å²) in [7, 11) is 1.72. The van der Waals surface area contributed by atoms with Crippen LogP contribution < -0.4 is 0 Å². The molecule has 0 aromatic carbocycles. The molecule has 1 N–H and O–H groups in total. The first-order valence-electron chi connectivity index (χ1n) is 5.63. The number of rotatable bonds is 5. The van der Waals surface area contributed by atoms with Gasteiger partial charge in [0.2, 0.25) is 5.91 Å². The summed E-state index contributed by atoms with van der Waals surface area (Å²) in [5.74, 6) is 0.0900. The number of likely N-dealkylation sites (N-methyl/N-ethyl adjacent to an activating group) is 1. The molecule has 0 aliphatic carbocycles. The highest BCUT2D eigenvalue weighted by atomic mass is 16.5. The molecule has 0 saturated carbocycles. The Kier molecular flexibility index (Phi) is 5.05. The zero-order valence-corrected chi connectivity index (χ0v) is 9.61. The molecule has 2 unspecified atom stereocenters. The van der Waals surface area contributed by atoms with Crippen LogP contribution in [0.3, 0.4) is 0 Å². The molecule has 0 aromatic rings. The maximum absolute atomic E-state index is 11.5. The Morgan fingerprint density at radius 1 is 1.53 bits per heavy atom. The maximum Gasteiger partial charge on any atom is 0.222 e. The Hall–Kier alpha value is -0.610. The molecule has 1 amide bonds. The summed E-state index contributed by atoms with van der Waals surface area (Å²) in [4.78, 5) is 13.1. The Labute approximate surface area is 91.2 Å². The third-order valence-electron chi connectivity index (χ3n) is 2.86. The van der Waals surface area contributed by atoms with Crippen molar-refractivity contribution in [3.8, 4) is 0 Å². The molecule has 2 atom stereocenters. The second-order valence-electron chi connectivity index (χ2n) is 4.22. The number of carbonyl (C=O) groups is 1. The highest BCUT2D eigenvalue weighted by Crippen LogP contribution is 2.22. The summed E-state index contributed by atoms with van der Waals surface area (Å²) >= 11 is 0. The van der Waals surface area contributed by atoms with Crippen molar-refractivity contribution in [3.05, 3.63) is 0 Å². The van der Waals surface area contributed by atoms with Crippen molar-refractivity contribution in [1.29, 1.82) is 0 Å². The Bertz CT molecular complexity index is 208. The number of nitrogens with zero attached hydrogens (tertiary/aromatic N) is 1. The van der Waals surface area contributed by atoms with Gasteiger partial charge in [-0.3, -0.25) is 4.79 Å². The summed E-state index contributed by atoms with van der Waals surface area (Å²) in [6.45, 7) is 2.51. The fraction of sp³-hybridized carbons (Fsp3) is 0.909. The molecule has 0 bridgehead atoms. The predicted octanol–water partition coefficient (Wildman–Crippen LogP) is 0.785. The van der Waals surface area contributed by atoms with Crippen LogP contribution in [0.15, 0.2) is 0 Å². The SMILES string of the molecule is CC1CCC(CCC(=O)N(C)CCO)O1. The Morgan fingerprint density at radius 3 is 2.80 bits per heavy atom. The standard InChI is InChI=1S/C11H21NO3/c1-9-3-4-10(15-9)5-6-11(14)12(2)7-8-13/h9-10,13H,3-8H2,1-2H3. The van der Waals surface area contributed by atoms with Gasteiger partial charge < -0.3 is 14.7 Å². The molecule has 1 fully saturated rings. The zero-order valence-electron chi connectivity index (χ0n) is 9.61. The average molecular weight is 215 g/mol. The molecule has 4 nitrogen and oxygen atoms in total. The van der Waals surface area contributed by atoms with Crippen molar-refractivity contribution in [2.75, 3.05) is 20.2 Å². The van der Waals surface area contributed by atoms with E-state index in [0.717, 1.165) is 19.3 Å². The summed E-state index contributed by atoms with van der Waals surface area (Å²) in [5.41, 5.74) is 0. The van der Waals surface area contributed by atoms with Gasteiger partial charge in [0.15, 0.2) is 0 Å². The monoisotopic (exact) mass is 215 g/mol. The summed E-state index contributed by atoms with van der Waals surface area (Å²) < 4.78 is 5.63. The third kappa shape index (κ3) is 4.18. The smallest absolute Gasteiger partial charge is 0.222 e. The van der Waals surface area contributed by atoms with Crippen molar-refractivity contribution in [1.82, 2.24) is 4.90 Å². The van der Waals surface area contributed by atoms with Gasteiger partial charge in [0.05, 0.1) is 18.8 Å². The quantitative estimate of drug-likeness (QED) is 0.737. The molecule has 0 spiro atoms. The molecule has 1 saturated heterocycles. The molecule has 88 valence electrons. The van der Waals surface area contributed by atoms with Crippen LogP contribution in [0.5, 0.6) is 0 Å². The van der Waals surface area contributed by atoms with E-state index in [-0.39, 0.29) is 18.6 Å². The number of carbonyl (C=O) groups excluding carboxylic acids is 1. The molecule has 4 heteroatoms. The molecule has 1 heterocycles. The highest BCUT2D eigenvalue weighted by Gasteiger charge is 2.22. The normalized spacial score (nSPS) is 25.5. The Balaban J connectivity index is 2.16. The number of amides is 1. The van der Waals surface area contributed by atoms with E-state index in [9.17, 15) is 4.79 Å². The van der Waals surface area contributed by atoms with Gasteiger partial charge in [-0.15, -0.1) is 0 Å². The fourth-order valence-electron chi connectivity index (χ4n) is 1.85. The zero-order chi connectivity index (χ0) is 11.3. The number of aliphatic hydroxyl groups is 1. The van der Waals surface area contributed by atoms with E-state index >= 15 is 0 Å². The van der Waals surface area contributed by atoms with E-state index in [0.29, 0.717) is 19.1 Å². The van der Waals surface area contributed by atoms with Crippen molar-refractivity contribution < 1.29 is 14.6 Å². The largest absolute Gasteiger partial charge is 0.395 e. The summed E-state index contributed by atoms with van der Waals surface area (Å²) in [6, 6.07) is 0. The van der Waals surface area contributed by atoms with Crippen molar-refractivity contribution in [3.63, 3.8) is 0 Å². The minimum atomic E-state index is 0.0270. The lowest BCUT2D eigenvalue weighted by atomic mass is 10.1. The lowest BCUT2D eigenvalue weighted by Gasteiger charge is -2.17. The molecule has 1 rings (SSSR count). The summed E-state index contributed by atoms with van der Waals surface area (Å²) in [6.07, 6.45) is 4.10. The fourth-order valence-corrected chi connectivity index (χ4v) is 1.85. The van der Waals surface area contributed by atoms with Gasteiger partial charge in [0.1, 0.15) is 0 Å². The van der Waals surface area contributed by atoms with Crippen LogP contribution in [0.1, 0.15) is 32.6 Å². The van der Waals surface area contributed by atoms with Crippen LogP contribution in [0, 0.1) is 0 Å². The van der Waals surface area contributed by atoms with Crippen LogP contribution in [0.4, 0.5) is 0 Å². The number of aliphatic hydroxyl groups excluding tert-OH is 1. The predicted molar refractivity (Wildman–Crippen MR) is 57.5 cm³/mol. The number of hydrogen-bond acceptors (Lipinski definition) is 3. The summed E-state index contributed by atoms with van der Waals surface area (Å²) in [5, 5.41) is 8.68. The van der Waals surface area contributed by atoms with Crippen molar-refractivity contribution in [2.24, 2.45) is 0 Å². The molecule has 0 radical (unpaired) electrons. The van der Waals surface area contributed by atoms with E-state index in [1.165, 1.54) is 0 Å².